The summed E-state index contributed by atoms with van der Waals surface area (Å²) >= 11 is 6.81. The van der Waals surface area contributed by atoms with Crippen molar-refractivity contribution in [3.63, 3.8) is 0 Å². The number of para-hydroxylation sites is 1. The van der Waals surface area contributed by atoms with E-state index in [9.17, 15) is 9.59 Å². The van der Waals surface area contributed by atoms with Crippen LogP contribution < -0.4 is 19.7 Å². The van der Waals surface area contributed by atoms with Crippen molar-refractivity contribution in [1.29, 1.82) is 0 Å². The van der Waals surface area contributed by atoms with Gasteiger partial charge in [-0.2, -0.15) is 0 Å². The molecule has 6 nitrogen and oxygen atoms in total. The molecule has 0 bridgehead atoms. The summed E-state index contributed by atoms with van der Waals surface area (Å²) in [5, 5.41) is 2.92. The number of benzene rings is 3. The predicted octanol–water partition coefficient (Wildman–Crippen LogP) is 6.74. The molecule has 0 atom stereocenters. The Balaban J connectivity index is 1.50. The maximum absolute atomic E-state index is 13.3. The molecule has 3 aromatic carbocycles. The molecule has 1 heterocycles. The Kier molecular flexibility index (Phi) is 8.54. The van der Waals surface area contributed by atoms with Gasteiger partial charge in [-0.05, 0) is 81.1 Å². The van der Waals surface area contributed by atoms with E-state index in [0.717, 1.165) is 39.2 Å². The van der Waals surface area contributed by atoms with E-state index in [1.807, 2.05) is 77.1 Å². The Labute approximate surface area is 233 Å². The van der Waals surface area contributed by atoms with Crippen LogP contribution in [0, 0.1) is 27.7 Å². The van der Waals surface area contributed by atoms with Crippen LogP contribution in [0.1, 0.15) is 34.7 Å². The SMILES string of the molecule is CCOc1cc(/C=C2\SC(=S)N(c3ccc(C)cc3C)C2=O)ccc1OCC(=O)Nc1c(C)cccc1C. The van der Waals surface area contributed by atoms with Crippen LogP contribution in [0.2, 0.25) is 0 Å². The number of carbonyl (C=O) groups is 2. The van der Waals surface area contributed by atoms with Gasteiger partial charge < -0.3 is 14.8 Å². The fourth-order valence-corrected chi connectivity index (χ4v) is 5.50. The first-order valence-electron chi connectivity index (χ1n) is 12.3. The number of aryl methyl sites for hydroxylation is 4. The minimum atomic E-state index is -0.260. The van der Waals surface area contributed by atoms with Crippen LogP contribution in [0.15, 0.2) is 59.5 Å². The molecule has 2 amide bonds. The fraction of sp³-hybridized carbons (Fsp3) is 0.233. The topological polar surface area (TPSA) is 67.9 Å². The largest absolute Gasteiger partial charge is 0.490 e. The zero-order valence-corrected chi connectivity index (χ0v) is 23.7. The van der Waals surface area contributed by atoms with Gasteiger partial charge in [-0.15, -0.1) is 0 Å². The van der Waals surface area contributed by atoms with Gasteiger partial charge in [-0.25, -0.2) is 0 Å². The summed E-state index contributed by atoms with van der Waals surface area (Å²) in [7, 11) is 0. The Hall–Kier alpha value is -3.62. The standard InChI is InChI=1S/C30H30N2O4S2/c1-6-35-25-15-22(11-13-24(25)36-17-27(33)31-28-19(3)8-7-9-20(28)4)16-26-29(34)32(30(37)38-26)23-12-10-18(2)14-21(23)5/h7-16H,6,17H2,1-5H3,(H,31,33)/b26-16-. The number of carbonyl (C=O) groups excluding carboxylic acids is 2. The highest BCUT2D eigenvalue weighted by atomic mass is 32.2. The first-order valence-corrected chi connectivity index (χ1v) is 13.5. The third kappa shape index (κ3) is 6.09. The van der Waals surface area contributed by atoms with Gasteiger partial charge in [0.15, 0.2) is 22.4 Å². The van der Waals surface area contributed by atoms with E-state index in [-0.39, 0.29) is 18.4 Å². The lowest BCUT2D eigenvalue weighted by atomic mass is 10.1. The average molecular weight is 547 g/mol. The van der Waals surface area contributed by atoms with E-state index in [4.69, 9.17) is 21.7 Å². The van der Waals surface area contributed by atoms with Crippen LogP contribution in [0.3, 0.4) is 0 Å². The quantitative estimate of drug-likeness (QED) is 0.249. The Morgan fingerprint density at radius 1 is 0.974 bits per heavy atom. The van der Waals surface area contributed by atoms with Crippen LogP contribution in [0.5, 0.6) is 11.5 Å². The summed E-state index contributed by atoms with van der Waals surface area (Å²) in [5.74, 6) is 0.520. The Bertz CT molecular complexity index is 1430. The number of hydrogen-bond acceptors (Lipinski definition) is 6. The molecule has 38 heavy (non-hydrogen) atoms. The molecule has 0 radical (unpaired) electrons. The number of hydrogen-bond donors (Lipinski definition) is 1. The minimum absolute atomic E-state index is 0.159. The molecule has 1 fully saturated rings. The number of thioether (sulfide) groups is 1. The van der Waals surface area contributed by atoms with Crippen molar-refractivity contribution in [2.24, 2.45) is 0 Å². The molecular weight excluding hydrogens is 516 g/mol. The maximum Gasteiger partial charge on any atom is 0.270 e. The third-order valence-electron chi connectivity index (χ3n) is 6.06. The number of anilines is 2. The van der Waals surface area contributed by atoms with Crippen molar-refractivity contribution in [3.05, 3.63) is 87.3 Å². The van der Waals surface area contributed by atoms with Crippen molar-refractivity contribution < 1.29 is 19.1 Å². The van der Waals surface area contributed by atoms with E-state index < -0.39 is 0 Å². The van der Waals surface area contributed by atoms with Gasteiger partial charge in [-0.3, -0.25) is 14.5 Å². The van der Waals surface area contributed by atoms with E-state index in [1.54, 1.807) is 23.1 Å². The average Bonchev–Trinajstić information content (AvgIpc) is 3.14. The molecular formula is C30H30N2O4S2. The summed E-state index contributed by atoms with van der Waals surface area (Å²) < 4.78 is 12.1. The predicted molar refractivity (Wildman–Crippen MR) is 159 cm³/mol. The van der Waals surface area contributed by atoms with Crippen molar-refractivity contribution in [2.75, 3.05) is 23.4 Å². The third-order valence-corrected chi connectivity index (χ3v) is 7.36. The molecule has 1 aliphatic rings. The molecule has 0 spiro atoms. The van der Waals surface area contributed by atoms with Gasteiger partial charge in [0.25, 0.3) is 11.8 Å². The summed E-state index contributed by atoms with van der Waals surface area (Å²) in [4.78, 5) is 27.9. The van der Waals surface area contributed by atoms with Gasteiger partial charge in [-0.1, -0.05) is 65.9 Å². The number of rotatable bonds is 8. The van der Waals surface area contributed by atoms with Crippen molar-refractivity contribution in [2.45, 2.75) is 34.6 Å². The van der Waals surface area contributed by atoms with Crippen LogP contribution in [0.25, 0.3) is 6.08 Å². The molecule has 0 aliphatic carbocycles. The van der Waals surface area contributed by atoms with Crippen molar-refractivity contribution in [1.82, 2.24) is 0 Å². The smallest absolute Gasteiger partial charge is 0.270 e. The molecule has 196 valence electrons. The molecule has 1 aliphatic heterocycles. The fourth-order valence-electron chi connectivity index (χ4n) is 4.22. The molecule has 8 heteroatoms. The first kappa shape index (κ1) is 27.4. The second-order valence-corrected chi connectivity index (χ2v) is 10.7. The molecule has 4 rings (SSSR count). The highest BCUT2D eigenvalue weighted by Gasteiger charge is 2.34. The zero-order chi connectivity index (χ0) is 27.4. The summed E-state index contributed by atoms with van der Waals surface area (Å²) in [6.07, 6.45) is 1.79. The zero-order valence-electron chi connectivity index (χ0n) is 22.1. The van der Waals surface area contributed by atoms with Crippen LogP contribution in [-0.2, 0) is 9.59 Å². The highest BCUT2D eigenvalue weighted by molar-refractivity contribution is 8.27. The molecule has 1 saturated heterocycles. The van der Waals surface area contributed by atoms with Crippen LogP contribution in [-0.4, -0.2) is 29.3 Å². The molecule has 3 aromatic rings. The lowest BCUT2D eigenvalue weighted by molar-refractivity contribution is -0.118. The number of nitrogens with one attached hydrogen (secondary N) is 1. The number of amides is 2. The molecule has 0 aromatic heterocycles. The van der Waals surface area contributed by atoms with Crippen molar-refractivity contribution in [3.8, 4) is 11.5 Å². The molecule has 1 N–H and O–H groups in total. The monoisotopic (exact) mass is 546 g/mol. The van der Waals surface area contributed by atoms with E-state index >= 15 is 0 Å². The van der Waals surface area contributed by atoms with Gasteiger partial charge in [0.1, 0.15) is 0 Å². The summed E-state index contributed by atoms with van der Waals surface area (Å²) in [6, 6.07) is 17.1. The number of ether oxygens (including phenoxy) is 2. The van der Waals surface area contributed by atoms with Crippen LogP contribution >= 0.6 is 24.0 Å². The Morgan fingerprint density at radius 2 is 1.71 bits per heavy atom. The number of thiocarbonyl (C=S) groups is 1. The first-order chi connectivity index (χ1) is 18.2. The van der Waals surface area contributed by atoms with Crippen molar-refractivity contribution >= 4 is 57.6 Å². The maximum atomic E-state index is 13.3. The van der Waals surface area contributed by atoms with Crippen LogP contribution in [0.4, 0.5) is 11.4 Å². The van der Waals surface area contributed by atoms with Gasteiger partial charge >= 0.3 is 0 Å². The molecule has 0 saturated carbocycles. The highest BCUT2D eigenvalue weighted by Crippen LogP contribution is 2.38. The van der Waals surface area contributed by atoms with Gasteiger partial charge in [0.2, 0.25) is 0 Å². The Morgan fingerprint density at radius 3 is 2.39 bits per heavy atom. The van der Waals surface area contributed by atoms with Gasteiger partial charge in [0.05, 0.1) is 17.2 Å². The second-order valence-electron chi connectivity index (χ2n) is 9.05. The lowest BCUT2D eigenvalue weighted by Crippen LogP contribution is -2.28. The lowest BCUT2D eigenvalue weighted by Gasteiger charge is -2.17. The van der Waals surface area contributed by atoms with E-state index in [2.05, 4.69) is 5.32 Å². The van der Waals surface area contributed by atoms with Gasteiger partial charge in [0, 0.05) is 5.69 Å². The summed E-state index contributed by atoms with van der Waals surface area (Å²) in [5.41, 5.74) is 6.44. The molecule has 0 unspecified atom stereocenters. The second kappa shape index (κ2) is 11.8. The normalized spacial score (nSPS) is 14.2. The minimum Gasteiger partial charge on any atom is -0.490 e. The summed E-state index contributed by atoms with van der Waals surface area (Å²) in [6.45, 7) is 10.0. The van der Waals surface area contributed by atoms with E-state index in [1.165, 1.54) is 11.8 Å². The number of nitrogens with zero attached hydrogens (tertiary/aromatic N) is 1. The van der Waals surface area contributed by atoms with E-state index in [0.29, 0.717) is 27.3 Å².